The minimum absolute atomic E-state index is 0.173. The molecule has 1 N–H and O–H groups in total. The van der Waals surface area contributed by atoms with Gasteiger partial charge in [-0.1, -0.05) is 30.7 Å². The first-order valence-electron chi connectivity index (χ1n) is 8.61. The van der Waals surface area contributed by atoms with Crippen molar-refractivity contribution >= 4 is 23.2 Å². The zero-order chi connectivity index (χ0) is 18.7. The van der Waals surface area contributed by atoms with E-state index < -0.39 is 0 Å². The summed E-state index contributed by atoms with van der Waals surface area (Å²) < 4.78 is 3.61. The van der Waals surface area contributed by atoms with E-state index in [9.17, 15) is 4.79 Å². The summed E-state index contributed by atoms with van der Waals surface area (Å²) in [5.41, 5.74) is 4.09. The molecule has 26 heavy (non-hydrogen) atoms. The Morgan fingerprint density at radius 2 is 1.88 bits per heavy atom. The third kappa shape index (κ3) is 3.80. The van der Waals surface area contributed by atoms with Crippen LogP contribution in [0.1, 0.15) is 40.8 Å². The summed E-state index contributed by atoms with van der Waals surface area (Å²) in [4.78, 5) is 12.7. The van der Waals surface area contributed by atoms with E-state index in [1.54, 1.807) is 16.9 Å². The molecule has 0 spiro atoms. The molecule has 6 nitrogen and oxygen atoms in total. The fourth-order valence-electron chi connectivity index (χ4n) is 2.89. The molecule has 0 saturated heterocycles. The molecule has 0 bridgehead atoms. The van der Waals surface area contributed by atoms with Gasteiger partial charge in [0.15, 0.2) is 0 Å². The predicted molar refractivity (Wildman–Crippen MR) is 103 cm³/mol. The second kappa shape index (κ2) is 7.74. The van der Waals surface area contributed by atoms with Gasteiger partial charge < -0.3 is 5.32 Å². The first-order chi connectivity index (χ1) is 12.5. The van der Waals surface area contributed by atoms with E-state index in [2.05, 4.69) is 22.4 Å². The number of nitrogens with zero attached hydrogens (tertiary/aromatic N) is 4. The highest BCUT2D eigenvalue weighted by Crippen LogP contribution is 2.22. The largest absolute Gasteiger partial charge is 0.317 e. The molecule has 0 unspecified atom stereocenters. The third-order valence-electron chi connectivity index (χ3n) is 4.25. The van der Waals surface area contributed by atoms with Crippen molar-refractivity contribution in [3.05, 3.63) is 64.2 Å². The number of benzene rings is 1. The van der Waals surface area contributed by atoms with Gasteiger partial charge >= 0.3 is 0 Å². The Labute approximate surface area is 157 Å². The molecule has 7 heteroatoms. The van der Waals surface area contributed by atoms with Gasteiger partial charge in [-0.25, -0.2) is 0 Å². The molecule has 0 atom stereocenters. The Balaban J connectivity index is 1.80. The van der Waals surface area contributed by atoms with Gasteiger partial charge in [0.1, 0.15) is 5.69 Å². The van der Waals surface area contributed by atoms with E-state index in [1.165, 1.54) is 0 Å². The van der Waals surface area contributed by atoms with Crippen molar-refractivity contribution in [2.75, 3.05) is 5.32 Å². The maximum atomic E-state index is 12.7. The van der Waals surface area contributed by atoms with Crippen LogP contribution in [0, 0.1) is 13.8 Å². The second-order valence-corrected chi connectivity index (χ2v) is 6.66. The Morgan fingerprint density at radius 1 is 1.15 bits per heavy atom. The molecule has 2 aromatic heterocycles. The Bertz CT molecular complexity index is 911. The van der Waals surface area contributed by atoms with Crippen LogP contribution >= 0.6 is 11.6 Å². The second-order valence-electron chi connectivity index (χ2n) is 6.22. The van der Waals surface area contributed by atoms with Crippen molar-refractivity contribution in [2.45, 2.75) is 40.3 Å². The van der Waals surface area contributed by atoms with Crippen molar-refractivity contribution in [2.24, 2.45) is 0 Å². The molecule has 1 aromatic carbocycles. The summed E-state index contributed by atoms with van der Waals surface area (Å²) in [5, 5.41) is 12.5. The van der Waals surface area contributed by atoms with E-state index in [0.717, 1.165) is 29.1 Å². The first kappa shape index (κ1) is 18.2. The third-order valence-corrected chi connectivity index (χ3v) is 4.50. The van der Waals surface area contributed by atoms with Gasteiger partial charge in [0.25, 0.3) is 5.91 Å². The van der Waals surface area contributed by atoms with Gasteiger partial charge in [-0.2, -0.15) is 10.2 Å². The Kier molecular flexibility index (Phi) is 5.42. The molecule has 136 valence electrons. The number of nitrogens with one attached hydrogen (secondary N) is 1. The SMILES string of the molecule is CCCn1nccc1C(=O)Nc1c(C)nn(Cc2ccc(Cl)cc2)c1C. The van der Waals surface area contributed by atoms with Gasteiger partial charge in [0.05, 0.1) is 23.6 Å². The van der Waals surface area contributed by atoms with E-state index >= 15 is 0 Å². The summed E-state index contributed by atoms with van der Waals surface area (Å²) in [6.07, 6.45) is 2.56. The quantitative estimate of drug-likeness (QED) is 0.710. The smallest absolute Gasteiger partial charge is 0.274 e. The van der Waals surface area contributed by atoms with Gasteiger partial charge in [-0.15, -0.1) is 0 Å². The van der Waals surface area contributed by atoms with Crippen LogP contribution in [0.25, 0.3) is 0 Å². The van der Waals surface area contributed by atoms with Crippen LogP contribution in [-0.4, -0.2) is 25.5 Å². The van der Waals surface area contributed by atoms with Crippen LogP contribution < -0.4 is 5.32 Å². The fourth-order valence-corrected chi connectivity index (χ4v) is 3.01. The highest BCUT2D eigenvalue weighted by atomic mass is 35.5. The maximum absolute atomic E-state index is 12.7. The summed E-state index contributed by atoms with van der Waals surface area (Å²) in [6, 6.07) is 9.40. The maximum Gasteiger partial charge on any atom is 0.274 e. The van der Waals surface area contributed by atoms with E-state index in [-0.39, 0.29) is 5.91 Å². The zero-order valence-corrected chi connectivity index (χ0v) is 15.9. The molecule has 0 aliphatic heterocycles. The van der Waals surface area contributed by atoms with Gasteiger partial charge in [0, 0.05) is 17.8 Å². The highest BCUT2D eigenvalue weighted by molar-refractivity contribution is 6.30. The topological polar surface area (TPSA) is 64.7 Å². The monoisotopic (exact) mass is 371 g/mol. The number of aromatic nitrogens is 4. The number of hydrogen-bond donors (Lipinski definition) is 1. The minimum Gasteiger partial charge on any atom is -0.317 e. The molecule has 3 aromatic rings. The number of anilines is 1. The molecule has 1 amide bonds. The number of halogens is 1. The molecule has 2 heterocycles. The lowest BCUT2D eigenvalue weighted by Gasteiger charge is -2.09. The lowest BCUT2D eigenvalue weighted by atomic mass is 10.2. The highest BCUT2D eigenvalue weighted by Gasteiger charge is 2.17. The average Bonchev–Trinajstić information content (AvgIpc) is 3.17. The zero-order valence-electron chi connectivity index (χ0n) is 15.2. The summed E-state index contributed by atoms with van der Waals surface area (Å²) in [5.74, 6) is -0.173. The van der Waals surface area contributed by atoms with Gasteiger partial charge in [-0.05, 0) is 44.0 Å². The van der Waals surface area contributed by atoms with E-state index in [4.69, 9.17) is 11.6 Å². The molecule has 0 aliphatic carbocycles. The minimum atomic E-state index is -0.173. The van der Waals surface area contributed by atoms with Crippen molar-refractivity contribution in [3.8, 4) is 0 Å². The van der Waals surface area contributed by atoms with Crippen LogP contribution in [0.2, 0.25) is 5.02 Å². The molecular weight excluding hydrogens is 350 g/mol. The lowest BCUT2D eigenvalue weighted by Crippen LogP contribution is -2.18. The number of hydrogen-bond acceptors (Lipinski definition) is 3. The van der Waals surface area contributed by atoms with Crippen LogP contribution in [0.15, 0.2) is 36.5 Å². The first-order valence-corrected chi connectivity index (χ1v) is 8.99. The molecule has 3 rings (SSSR count). The Morgan fingerprint density at radius 3 is 2.58 bits per heavy atom. The van der Waals surface area contributed by atoms with Crippen LogP contribution in [0.4, 0.5) is 5.69 Å². The number of rotatable bonds is 6. The van der Waals surface area contributed by atoms with Gasteiger partial charge in [0.2, 0.25) is 0 Å². The standard InChI is InChI=1S/C19H22ClN5O/c1-4-11-24-17(9-10-21-24)19(26)22-18-13(2)23-25(14(18)3)12-15-5-7-16(20)8-6-15/h5-10H,4,11-12H2,1-3H3,(H,22,26). The predicted octanol–water partition coefficient (Wildman–Crippen LogP) is 4.06. The number of carbonyl (C=O) groups is 1. The molecular formula is C19H22ClN5O. The molecule has 0 fully saturated rings. The van der Waals surface area contributed by atoms with Crippen LogP contribution in [0.5, 0.6) is 0 Å². The summed E-state index contributed by atoms with van der Waals surface area (Å²) >= 11 is 5.94. The Hall–Kier alpha value is -2.60. The van der Waals surface area contributed by atoms with E-state index in [1.807, 2.05) is 42.8 Å². The molecule has 0 radical (unpaired) electrons. The molecule has 0 saturated carbocycles. The fraction of sp³-hybridized carbons (Fsp3) is 0.316. The van der Waals surface area contributed by atoms with Crippen molar-refractivity contribution in [3.63, 3.8) is 0 Å². The average molecular weight is 372 g/mol. The van der Waals surface area contributed by atoms with Gasteiger partial charge in [-0.3, -0.25) is 14.2 Å². The summed E-state index contributed by atoms with van der Waals surface area (Å²) in [6.45, 7) is 7.23. The lowest BCUT2D eigenvalue weighted by molar-refractivity contribution is 0.101. The number of aryl methyl sites for hydroxylation is 2. The van der Waals surface area contributed by atoms with Crippen molar-refractivity contribution in [1.29, 1.82) is 0 Å². The van der Waals surface area contributed by atoms with Crippen LogP contribution in [0.3, 0.4) is 0 Å². The molecule has 0 aliphatic rings. The van der Waals surface area contributed by atoms with Crippen molar-refractivity contribution < 1.29 is 4.79 Å². The normalized spacial score (nSPS) is 10.9. The number of amides is 1. The number of carbonyl (C=O) groups excluding carboxylic acids is 1. The van der Waals surface area contributed by atoms with Crippen molar-refractivity contribution in [1.82, 2.24) is 19.6 Å². The summed E-state index contributed by atoms with van der Waals surface area (Å²) in [7, 11) is 0. The van der Waals surface area contributed by atoms with E-state index in [0.29, 0.717) is 23.8 Å². The van der Waals surface area contributed by atoms with Crippen LogP contribution in [-0.2, 0) is 13.1 Å².